The van der Waals surface area contributed by atoms with Gasteiger partial charge in [0.05, 0.1) is 18.0 Å². The van der Waals surface area contributed by atoms with Crippen molar-refractivity contribution in [2.75, 3.05) is 32.8 Å². The van der Waals surface area contributed by atoms with E-state index in [9.17, 15) is 24.3 Å². The van der Waals surface area contributed by atoms with Gasteiger partial charge in [-0.3, -0.25) is 14.4 Å². The summed E-state index contributed by atoms with van der Waals surface area (Å²) < 4.78 is 6.62. The SMILES string of the molecule is CCOC(=O)N1CCN(C(=O)[C@H](CCC(=O)O)NC(=O)c2cc(-n3cccn3)cc(-c3ccccc3)n2)CC1. The molecule has 3 amide bonds. The number of benzene rings is 1. The zero-order valence-electron chi connectivity index (χ0n) is 21.5. The minimum absolute atomic E-state index is 0.0575. The van der Waals surface area contributed by atoms with E-state index in [2.05, 4.69) is 15.4 Å². The molecule has 1 atom stereocenters. The highest BCUT2D eigenvalue weighted by Crippen LogP contribution is 2.21. The summed E-state index contributed by atoms with van der Waals surface area (Å²) in [5.41, 5.74) is 1.99. The van der Waals surface area contributed by atoms with Crippen LogP contribution in [0.15, 0.2) is 60.9 Å². The molecule has 1 saturated heterocycles. The molecule has 0 bridgehead atoms. The molecular weight excluding hydrogens is 504 g/mol. The highest BCUT2D eigenvalue weighted by Gasteiger charge is 2.31. The number of ether oxygens (including phenoxy) is 1. The number of aromatic nitrogens is 3. The molecule has 1 aliphatic rings. The molecule has 2 aromatic heterocycles. The molecule has 1 aliphatic heterocycles. The number of nitrogens with zero attached hydrogens (tertiary/aromatic N) is 5. The summed E-state index contributed by atoms with van der Waals surface area (Å²) >= 11 is 0. The highest BCUT2D eigenvalue weighted by atomic mass is 16.6. The second-order valence-corrected chi connectivity index (χ2v) is 8.88. The van der Waals surface area contributed by atoms with E-state index in [0.717, 1.165) is 5.56 Å². The number of aliphatic carboxylic acids is 1. The van der Waals surface area contributed by atoms with Crippen molar-refractivity contribution in [3.05, 3.63) is 66.6 Å². The summed E-state index contributed by atoms with van der Waals surface area (Å²) in [7, 11) is 0. The molecule has 39 heavy (non-hydrogen) atoms. The molecule has 2 N–H and O–H groups in total. The Balaban J connectivity index is 1.55. The zero-order chi connectivity index (χ0) is 27.8. The van der Waals surface area contributed by atoms with Crippen molar-refractivity contribution in [2.45, 2.75) is 25.8 Å². The summed E-state index contributed by atoms with van der Waals surface area (Å²) in [5, 5.41) is 16.2. The second kappa shape index (κ2) is 12.7. The fourth-order valence-electron chi connectivity index (χ4n) is 4.25. The van der Waals surface area contributed by atoms with E-state index in [0.29, 0.717) is 11.4 Å². The first-order valence-electron chi connectivity index (χ1n) is 12.7. The Morgan fingerprint density at radius 1 is 1.03 bits per heavy atom. The Kier molecular flexibility index (Phi) is 8.87. The maximum Gasteiger partial charge on any atom is 0.409 e. The van der Waals surface area contributed by atoms with Crippen LogP contribution in [-0.2, 0) is 14.3 Å². The Labute approximate surface area is 225 Å². The predicted octanol–water partition coefficient (Wildman–Crippen LogP) is 2.20. The van der Waals surface area contributed by atoms with Crippen molar-refractivity contribution in [3.63, 3.8) is 0 Å². The molecule has 0 radical (unpaired) electrons. The van der Waals surface area contributed by atoms with E-state index < -0.39 is 29.9 Å². The van der Waals surface area contributed by atoms with Crippen LogP contribution in [0.5, 0.6) is 0 Å². The standard InChI is InChI=1S/C27H30N6O6/c1-2-39-27(38)32-15-13-31(14-16-32)26(37)21(9-10-24(34)35)30-25(36)23-18-20(33-12-6-11-28-33)17-22(29-23)19-7-4-3-5-8-19/h3-8,11-12,17-18,21H,2,9-10,13-16H2,1H3,(H,30,36)(H,34,35)/t21-/m0/s1. The average molecular weight is 535 g/mol. The van der Waals surface area contributed by atoms with Crippen LogP contribution >= 0.6 is 0 Å². The number of carbonyl (C=O) groups excluding carboxylic acids is 3. The zero-order valence-corrected chi connectivity index (χ0v) is 21.5. The molecule has 3 aromatic rings. The van der Waals surface area contributed by atoms with Gasteiger partial charge < -0.3 is 25.0 Å². The number of carboxylic acid groups (broad SMARTS) is 1. The number of nitrogens with one attached hydrogen (secondary N) is 1. The van der Waals surface area contributed by atoms with Crippen LogP contribution in [0.3, 0.4) is 0 Å². The number of carboxylic acids is 1. The lowest BCUT2D eigenvalue weighted by atomic mass is 10.1. The van der Waals surface area contributed by atoms with Gasteiger partial charge in [0.15, 0.2) is 0 Å². The van der Waals surface area contributed by atoms with E-state index >= 15 is 0 Å². The van der Waals surface area contributed by atoms with Gasteiger partial charge in [0.1, 0.15) is 11.7 Å². The van der Waals surface area contributed by atoms with Gasteiger partial charge in [-0.05, 0) is 31.5 Å². The fourth-order valence-corrected chi connectivity index (χ4v) is 4.25. The molecule has 1 fully saturated rings. The van der Waals surface area contributed by atoms with Crippen LogP contribution in [0.25, 0.3) is 16.9 Å². The molecule has 4 rings (SSSR count). The molecule has 0 unspecified atom stereocenters. The van der Waals surface area contributed by atoms with E-state index in [1.807, 2.05) is 30.3 Å². The van der Waals surface area contributed by atoms with Gasteiger partial charge in [-0.25, -0.2) is 14.5 Å². The summed E-state index contributed by atoms with van der Waals surface area (Å²) in [6.45, 7) is 3.00. The maximum absolute atomic E-state index is 13.4. The quantitative estimate of drug-likeness (QED) is 0.425. The van der Waals surface area contributed by atoms with E-state index in [1.165, 1.54) is 9.80 Å². The molecule has 0 saturated carbocycles. The first kappa shape index (κ1) is 27.3. The maximum atomic E-state index is 13.4. The van der Waals surface area contributed by atoms with Crippen LogP contribution in [0.4, 0.5) is 4.79 Å². The minimum Gasteiger partial charge on any atom is -0.481 e. The van der Waals surface area contributed by atoms with Gasteiger partial charge in [0.25, 0.3) is 5.91 Å². The smallest absolute Gasteiger partial charge is 0.409 e. The molecule has 0 spiro atoms. The lowest BCUT2D eigenvalue weighted by Gasteiger charge is -2.35. The molecule has 1 aromatic carbocycles. The summed E-state index contributed by atoms with van der Waals surface area (Å²) in [5.74, 6) is -2.12. The lowest BCUT2D eigenvalue weighted by molar-refractivity contribution is -0.138. The molecule has 12 nitrogen and oxygen atoms in total. The number of rotatable bonds is 9. The predicted molar refractivity (Wildman–Crippen MR) is 140 cm³/mol. The molecule has 3 heterocycles. The third kappa shape index (κ3) is 6.98. The van der Waals surface area contributed by atoms with Gasteiger partial charge in [-0.2, -0.15) is 5.10 Å². The Morgan fingerprint density at radius 3 is 2.38 bits per heavy atom. The van der Waals surface area contributed by atoms with E-state index in [4.69, 9.17) is 4.74 Å². The number of amides is 3. The van der Waals surface area contributed by atoms with Crippen molar-refractivity contribution in [1.82, 2.24) is 29.9 Å². The second-order valence-electron chi connectivity index (χ2n) is 8.88. The van der Waals surface area contributed by atoms with Gasteiger partial charge in [-0.15, -0.1) is 0 Å². The van der Waals surface area contributed by atoms with Gasteiger partial charge in [0, 0.05) is 50.6 Å². The van der Waals surface area contributed by atoms with Crippen LogP contribution in [0, 0.1) is 0 Å². The first-order chi connectivity index (χ1) is 18.9. The van der Waals surface area contributed by atoms with Gasteiger partial charge >= 0.3 is 12.1 Å². The number of pyridine rings is 1. The number of hydrogen-bond donors (Lipinski definition) is 2. The first-order valence-corrected chi connectivity index (χ1v) is 12.7. The summed E-state index contributed by atoms with van der Waals surface area (Å²) in [4.78, 5) is 57.6. The highest BCUT2D eigenvalue weighted by molar-refractivity contribution is 5.97. The summed E-state index contributed by atoms with van der Waals surface area (Å²) in [6, 6.07) is 13.4. The van der Waals surface area contributed by atoms with Crippen molar-refractivity contribution in [2.24, 2.45) is 0 Å². The molecule has 0 aliphatic carbocycles. The molecule has 12 heteroatoms. The van der Waals surface area contributed by atoms with Crippen LogP contribution < -0.4 is 5.32 Å². The Bertz CT molecular complexity index is 1310. The van der Waals surface area contributed by atoms with Crippen LogP contribution in [0.1, 0.15) is 30.3 Å². The van der Waals surface area contributed by atoms with Crippen LogP contribution in [-0.4, -0.2) is 92.4 Å². The fraction of sp³-hybridized carbons (Fsp3) is 0.333. The normalized spacial score (nSPS) is 14.0. The van der Waals surface area contributed by atoms with E-state index in [-0.39, 0.29) is 51.3 Å². The minimum atomic E-state index is -1.09. The lowest BCUT2D eigenvalue weighted by Crippen LogP contribution is -2.56. The largest absolute Gasteiger partial charge is 0.481 e. The van der Waals surface area contributed by atoms with Gasteiger partial charge in [0.2, 0.25) is 5.91 Å². The van der Waals surface area contributed by atoms with Crippen molar-refractivity contribution >= 4 is 23.9 Å². The average Bonchev–Trinajstić information content (AvgIpc) is 3.50. The number of piperazine rings is 1. The van der Waals surface area contributed by atoms with Crippen molar-refractivity contribution < 1.29 is 29.0 Å². The third-order valence-corrected chi connectivity index (χ3v) is 6.25. The van der Waals surface area contributed by atoms with Gasteiger partial charge in [-0.1, -0.05) is 30.3 Å². The summed E-state index contributed by atoms with van der Waals surface area (Å²) in [6.07, 6.45) is 2.50. The Morgan fingerprint density at radius 2 is 1.74 bits per heavy atom. The van der Waals surface area contributed by atoms with E-state index in [1.54, 1.807) is 42.2 Å². The Hall–Kier alpha value is -4.74. The number of hydrogen-bond acceptors (Lipinski definition) is 7. The molecule has 204 valence electrons. The third-order valence-electron chi connectivity index (χ3n) is 6.25. The molecular formula is C27H30N6O6. The monoisotopic (exact) mass is 534 g/mol. The number of carbonyl (C=O) groups is 4. The van der Waals surface area contributed by atoms with Crippen molar-refractivity contribution in [1.29, 1.82) is 0 Å². The van der Waals surface area contributed by atoms with Crippen molar-refractivity contribution in [3.8, 4) is 16.9 Å². The van der Waals surface area contributed by atoms with Crippen LogP contribution in [0.2, 0.25) is 0 Å². The topological polar surface area (TPSA) is 147 Å².